The summed E-state index contributed by atoms with van der Waals surface area (Å²) in [4.78, 5) is 12.1. The fourth-order valence-corrected chi connectivity index (χ4v) is 3.10. The van der Waals surface area contributed by atoms with Crippen LogP contribution in [0.4, 0.5) is 10.1 Å². The third kappa shape index (κ3) is 5.52. The molecule has 0 radical (unpaired) electrons. The van der Waals surface area contributed by atoms with Crippen LogP contribution in [0.1, 0.15) is 5.82 Å². The number of anilines is 1. The quantitative estimate of drug-likeness (QED) is 0.412. The first-order valence-corrected chi connectivity index (χ1v) is 9.66. The van der Waals surface area contributed by atoms with E-state index in [0.717, 1.165) is 11.8 Å². The Bertz CT molecular complexity index is 1020. The van der Waals surface area contributed by atoms with Gasteiger partial charge in [-0.15, -0.1) is 10.2 Å². The van der Waals surface area contributed by atoms with E-state index in [2.05, 4.69) is 15.5 Å². The Labute approximate surface area is 175 Å². The predicted octanol–water partition coefficient (Wildman–Crippen LogP) is 3.10. The van der Waals surface area contributed by atoms with Crippen molar-refractivity contribution in [3.8, 4) is 11.5 Å². The Morgan fingerprint density at radius 3 is 2.83 bits per heavy atom. The van der Waals surface area contributed by atoms with Gasteiger partial charge in [-0.1, -0.05) is 29.4 Å². The first-order chi connectivity index (χ1) is 14.0. The summed E-state index contributed by atoms with van der Waals surface area (Å²) in [5.74, 6) is 6.78. The molecule has 1 heterocycles. The second-order valence-corrected chi connectivity index (χ2v) is 7.05. The number of hydrogen-bond acceptors (Lipinski definition) is 7. The molecule has 152 valence electrons. The molecule has 0 saturated heterocycles. The van der Waals surface area contributed by atoms with Gasteiger partial charge in [0, 0.05) is 11.8 Å². The molecule has 3 rings (SSSR count). The fourth-order valence-electron chi connectivity index (χ4n) is 2.24. The molecule has 0 atom stereocenters. The van der Waals surface area contributed by atoms with Crippen LogP contribution in [0.5, 0.6) is 11.5 Å². The molecule has 8 nitrogen and oxygen atoms in total. The molecular weight excluding hydrogens is 421 g/mol. The molecule has 1 aromatic heterocycles. The molecule has 1 amide bonds. The first-order valence-electron chi connectivity index (χ1n) is 8.30. The van der Waals surface area contributed by atoms with Crippen LogP contribution in [0.2, 0.25) is 5.02 Å². The van der Waals surface area contributed by atoms with Crippen molar-refractivity contribution in [1.29, 1.82) is 0 Å². The number of ether oxygens (including phenoxy) is 2. The zero-order valence-corrected chi connectivity index (χ0v) is 16.8. The Kier molecular flexibility index (Phi) is 6.78. The number of methoxy groups -OCH3 is 1. The Hall–Kier alpha value is -2.98. The van der Waals surface area contributed by atoms with Gasteiger partial charge in [-0.3, -0.25) is 4.79 Å². The van der Waals surface area contributed by atoms with Gasteiger partial charge in [0.05, 0.1) is 17.9 Å². The Balaban J connectivity index is 1.53. The summed E-state index contributed by atoms with van der Waals surface area (Å²) >= 11 is 6.80. The molecule has 0 aliphatic rings. The number of halogens is 2. The average Bonchev–Trinajstić information content (AvgIpc) is 3.07. The van der Waals surface area contributed by atoms with Crippen LogP contribution in [0.3, 0.4) is 0 Å². The number of amides is 1. The molecule has 11 heteroatoms. The molecule has 0 fully saturated rings. The van der Waals surface area contributed by atoms with Crippen molar-refractivity contribution in [3.63, 3.8) is 0 Å². The molecule has 0 bridgehead atoms. The van der Waals surface area contributed by atoms with Gasteiger partial charge >= 0.3 is 0 Å². The largest absolute Gasteiger partial charge is 0.497 e. The zero-order valence-electron chi connectivity index (χ0n) is 15.3. The molecule has 0 unspecified atom stereocenters. The fraction of sp³-hybridized carbons (Fsp3) is 0.167. The number of hydrogen-bond donors (Lipinski definition) is 2. The first kappa shape index (κ1) is 20.7. The molecule has 29 heavy (non-hydrogen) atoms. The summed E-state index contributed by atoms with van der Waals surface area (Å²) in [7, 11) is 1.57. The number of thioether (sulfide) groups is 1. The number of rotatable bonds is 8. The maximum absolute atomic E-state index is 13.2. The topological polar surface area (TPSA) is 104 Å². The molecular formula is C18H17ClFN5O3S. The summed E-state index contributed by atoms with van der Waals surface area (Å²) in [5, 5.41) is 10.8. The van der Waals surface area contributed by atoms with E-state index >= 15 is 0 Å². The summed E-state index contributed by atoms with van der Waals surface area (Å²) in [5.41, 5.74) is 0.392. The van der Waals surface area contributed by atoms with Crippen molar-refractivity contribution in [2.75, 3.05) is 24.0 Å². The van der Waals surface area contributed by atoms with Gasteiger partial charge in [0.15, 0.2) is 5.82 Å². The third-order valence-corrected chi connectivity index (χ3v) is 4.91. The minimum atomic E-state index is -0.557. The minimum Gasteiger partial charge on any atom is -0.497 e. The van der Waals surface area contributed by atoms with Crippen molar-refractivity contribution in [2.24, 2.45) is 0 Å². The standard InChI is InChI=1S/C18H17ClFN5O3S/c1-27-12-3-2-4-13(8-12)28-9-16-23-24-18(25(16)21)29-10-17(26)22-11-5-6-15(20)14(19)7-11/h2-8H,9-10,21H2,1H3,(H,22,26). The molecule has 3 N–H and O–H groups in total. The monoisotopic (exact) mass is 437 g/mol. The second kappa shape index (κ2) is 9.48. The van der Waals surface area contributed by atoms with Crippen LogP contribution >= 0.6 is 23.4 Å². The summed E-state index contributed by atoms with van der Waals surface area (Å²) in [6.45, 7) is 0.0947. The van der Waals surface area contributed by atoms with Gasteiger partial charge in [0.2, 0.25) is 11.1 Å². The van der Waals surface area contributed by atoms with E-state index in [1.54, 1.807) is 31.4 Å². The zero-order chi connectivity index (χ0) is 20.8. The predicted molar refractivity (Wildman–Crippen MR) is 108 cm³/mol. The van der Waals surface area contributed by atoms with Crippen molar-refractivity contribution < 1.29 is 18.7 Å². The van der Waals surface area contributed by atoms with Crippen LogP contribution in [-0.4, -0.2) is 33.6 Å². The van der Waals surface area contributed by atoms with E-state index < -0.39 is 5.82 Å². The highest BCUT2D eigenvalue weighted by Gasteiger charge is 2.13. The number of nitrogens with one attached hydrogen (secondary N) is 1. The lowest BCUT2D eigenvalue weighted by molar-refractivity contribution is -0.113. The number of nitrogen functional groups attached to an aromatic ring is 1. The highest BCUT2D eigenvalue weighted by Crippen LogP contribution is 2.22. The van der Waals surface area contributed by atoms with Crippen LogP contribution in [0, 0.1) is 5.82 Å². The number of nitrogens with zero attached hydrogens (tertiary/aromatic N) is 3. The summed E-state index contributed by atoms with van der Waals surface area (Å²) in [6.07, 6.45) is 0. The highest BCUT2D eigenvalue weighted by atomic mass is 35.5. The van der Waals surface area contributed by atoms with Gasteiger partial charge in [-0.2, -0.15) is 0 Å². The molecule has 0 aliphatic carbocycles. The third-order valence-electron chi connectivity index (χ3n) is 3.68. The number of aromatic nitrogens is 3. The van der Waals surface area contributed by atoms with Crippen LogP contribution in [0.15, 0.2) is 47.6 Å². The lowest BCUT2D eigenvalue weighted by atomic mass is 10.3. The number of carbonyl (C=O) groups is 1. The average molecular weight is 438 g/mol. The number of benzene rings is 2. The van der Waals surface area contributed by atoms with Gasteiger partial charge in [-0.25, -0.2) is 9.07 Å². The molecule has 0 saturated carbocycles. The number of nitrogens with two attached hydrogens (primary N) is 1. The Morgan fingerprint density at radius 1 is 1.28 bits per heavy atom. The maximum Gasteiger partial charge on any atom is 0.234 e. The maximum atomic E-state index is 13.2. The van der Waals surface area contributed by atoms with E-state index in [0.29, 0.717) is 28.2 Å². The minimum absolute atomic E-state index is 0.0288. The van der Waals surface area contributed by atoms with Gasteiger partial charge in [0.25, 0.3) is 0 Å². The van der Waals surface area contributed by atoms with Crippen molar-refractivity contribution in [3.05, 3.63) is 59.1 Å². The molecule has 3 aromatic rings. The van der Waals surface area contributed by atoms with E-state index in [9.17, 15) is 9.18 Å². The highest BCUT2D eigenvalue weighted by molar-refractivity contribution is 7.99. The van der Waals surface area contributed by atoms with Crippen molar-refractivity contribution in [2.45, 2.75) is 11.8 Å². The van der Waals surface area contributed by atoms with E-state index in [4.69, 9.17) is 26.9 Å². The molecule has 0 aliphatic heterocycles. The summed E-state index contributed by atoms with van der Waals surface area (Å²) in [6, 6.07) is 11.0. The Morgan fingerprint density at radius 2 is 2.07 bits per heavy atom. The van der Waals surface area contributed by atoms with E-state index in [1.807, 2.05) is 0 Å². The normalized spacial score (nSPS) is 10.6. The van der Waals surface area contributed by atoms with Crippen LogP contribution < -0.4 is 20.6 Å². The smallest absolute Gasteiger partial charge is 0.234 e. The molecule has 0 spiro atoms. The van der Waals surface area contributed by atoms with Crippen molar-refractivity contribution >= 4 is 35.0 Å². The van der Waals surface area contributed by atoms with Gasteiger partial charge in [-0.05, 0) is 30.3 Å². The number of carbonyl (C=O) groups excluding carboxylic acids is 1. The van der Waals surface area contributed by atoms with E-state index in [1.165, 1.54) is 22.9 Å². The van der Waals surface area contributed by atoms with Crippen molar-refractivity contribution in [1.82, 2.24) is 14.9 Å². The summed E-state index contributed by atoms with van der Waals surface area (Å²) < 4.78 is 25.2. The molecule has 2 aromatic carbocycles. The van der Waals surface area contributed by atoms with Gasteiger partial charge < -0.3 is 20.6 Å². The second-order valence-electron chi connectivity index (χ2n) is 5.70. The van der Waals surface area contributed by atoms with Gasteiger partial charge in [0.1, 0.15) is 23.9 Å². The SMILES string of the molecule is COc1cccc(OCc2nnc(SCC(=O)Nc3ccc(F)c(Cl)c3)n2N)c1. The lowest BCUT2D eigenvalue weighted by Crippen LogP contribution is -2.18. The van der Waals surface area contributed by atoms with Crippen LogP contribution in [-0.2, 0) is 11.4 Å². The van der Waals surface area contributed by atoms with Crippen LogP contribution in [0.25, 0.3) is 0 Å². The lowest BCUT2D eigenvalue weighted by Gasteiger charge is -2.08. The van der Waals surface area contributed by atoms with E-state index in [-0.39, 0.29) is 23.3 Å².